The predicted octanol–water partition coefficient (Wildman–Crippen LogP) is 3.46. The molecule has 5 nitrogen and oxygen atoms in total. The molecule has 1 fully saturated rings. The highest BCUT2D eigenvalue weighted by Gasteiger charge is 2.37. The van der Waals surface area contributed by atoms with Crippen molar-refractivity contribution in [2.24, 2.45) is 0 Å². The number of halogens is 1. The van der Waals surface area contributed by atoms with Gasteiger partial charge in [-0.25, -0.2) is 17.8 Å². The van der Waals surface area contributed by atoms with Gasteiger partial charge >= 0.3 is 0 Å². The number of hydrogen-bond acceptors (Lipinski definition) is 4. The Hall–Kier alpha value is -2.30. The molecule has 1 aliphatic heterocycles. The Bertz CT molecular complexity index is 952. The summed E-state index contributed by atoms with van der Waals surface area (Å²) in [5.74, 6) is -0.451. The van der Waals surface area contributed by atoms with Crippen LogP contribution in [0.25, 0.3) is 11.1 Å². The molecule has 0 N–H and O–H groups in total. The smallest absolute Gasteiger partial charge is 0.217 e. The molecule has 0 aliphatic carbocycles. The number of sulfonamides is 1. The molecule has 1 aromatic carbocycles. The van der Waals surface area contributed by atoms with Gasteiger partial charge in [0.05, 0.1) is 5.25 Å². The van der Waals surface area contributed by atoms with E-state index in [4.69, 9.17) is 5.26 Å². The molecule has 136 valence electrons. The largest absolute Gasteiger partial charge is 0.245 e. The molecule has 0 amide bonds. The van der Waals surface area contributed by atoms with Gasteiger partial charge in [-0.3, -0.25) is 0 Å². The minimum atomic E-state index is -3.41. The minimum Gasteiger partial charge on any atom is -0.245 e. The van der Waals surface area contributed by atoms with Gasteiger partial charge < -0.3 is 0 Å². The highest BCUT2D eigenvalue weighted by atomic mass is 32.2. The monoisotopic (exact) mass is 373 g/mol. The van der Waals surface area contributed by atoms with Gasteiger partial charge in [0.1, 0.15) is 17.6 Å². The Kier molecular flexibility index (Phi) is 5.08. The van der Waals surface area contributed by atoms with E-state index in [1.807, 2.05) is 13.0 Å². The molecule has 0 saturated carbocycles. The second-order valence-corrected chi connectivity index (χ2v) is 8.98. The number of pyridine rings is 1. The molecular weight excluding hydrogens is 353 g/mol. The van der Waals surface area contributed by atoms with Crippen molar-refractivity contribution >= 4 is 10.0 Å². The maximum Gasteiger partial charge on any atom is 0.217 e. The Labute approximate surface area is 153 Å². The lowest BCUT2D eigenvalue weighted by Gasteiger charge is -2.36. The maximum atomic E-state index is 14.6. The summed E-state index contributed by atoms with van der Waals surface area (Å²) in [6.45, 7) is 3.59. The van der Waals surface area contributed by atoms with Crippen LogP contribution in [0.4, 0.5) is 4.39 Å². The van der Waals surface area contributed by atoms with Crippen molar-refractivity contribution < 1.29 is 12.8 Å². The van der Waals surface area contributed by atoms with Crippen molar-refractivity contribution in [2.45, 2.75) is 44.5 Å². The topological polar surface area (TPSA) is 74.1 Å². The first-order valence-corrected chi connectivity index (χ1v) is 9.99. The zero-order chi connectivity index (χ0) is 18.9. The van der Waals surface area contributed by atoms with Gasteiger partial charge in [-0.05, 0) is 50.5 Å². The molecule has 1 unspecified atom stereocenters. The summed E-state index contributed by atoms with van der Waals surface area (Å²) in [5, 5.41) is 8.35. The van der Waals surface area contributed by atoms with E-state index in [0.29, 0.717) is 28.8 Å². The van der Waals surface area contributed by atoms with E-state index in [1.54, 1.807) is 31.2 Å². The molecular formula is C19H20FN3O2S. The first kappa shape index (κ1) is 18.5. The lowest BCUT2D eigenvalue weighted by atomic mass is 10.0. The van der Waals surface area contributed by atoms with E-state index < -0.39 is 21.1 Å². The van der Waals surface area contributed by atoms with Crippen LogP contribution in [0, 0.1) is 17.1 Å². The third kappa shape index (κ3) is 3.48. The van der Waals surface area contributed by atoms with Crippen molar-refractivity contribution in [2.75, 3.05) is 0 Å². The van der Waals surface area contributed by atoms with E-state index in [-0.39, 0.29) is 12.6 Å². The third-order valence-corrected chi connectivity index (χ3v) is 7.30. The summed E-state index contributed by atoms with van der Waals surface area (Å²) >= 11 is 0. The third-order valence-electron chi connectivity index (χ3n) is 4.91. The highest BCUT2D eigenvalue weighted by molar-refractivity contribution is 7.89. The molecule has 3 rings (SSSR count). The van der Waals surface area contributed by atoms with E-state index in [2.05, 4.69) is 4.98 Å². The Morgan fingerprint density at radius 3 is 2.58 bits per heavy atom. The normalized spacial score (nSPS) is 22.7. The molecule has 2 aromatic rings. The zero-order valence-corrected chi connectivity index (χ0v) is 15.5. The number of nitriles is 1. The Morgan fingerprint density at radius 2 is 1.96 bits per heavy atom. The van der Waals surface area contributed by atoms with Crippen LogP contribution >= 0.6 is 0 Å². The lowest BCUT2D eigenvalue weighted by Crippen LogP contribution is -2.47. The molecule has 26 heavy (non-hydrogen) atoms. The van der Waals surface area contributed by atoms with Crippen LogP contribution in [-0.4, -0.2) is 29.0 Å². The average Bonchev–Trinajstić information content (AvgIpc) is 2.63. The van der Waals surface area contributed by atoms with E-state index >= 15 is 0 Å². The highest BCUT2D eigenvalue weighted by Crippen LogP contribution is 2.29. The quantitative estimate of drug-likeness (QED) is 0.826. The van der Waals surface area contributed by atoms with Crippen LogP contribution in [0.5, 0.6) is 0 Å². The van der Waals surface area contributed by atoms with Crippen molar-refractivity contribution in [3.05, 3.63) is 53.6 Å². The number of aromatic nitrogens is 1. The van der Waals surface area contributed by atoms with Crippen LogP contribution < -0.4 is 0 Å². The molecule has 0 spiro atoms. The molecule has 7 heteroatoms. The van der Waals surface area contributed by atoms with Crippen molar-refractivity contribution in [3.8, 4) is 17.2 Å². The van der Waals surface area contributed by atoms with Gasteiger partial charge in [-0.15, -0.1) is 0 Å². The van der Waals surface area contributed by atoms with Crippen molar-refractivity contribution in [1.29, 1.82) is 5.26 Å². The van der Waals surface area contributed by atoms with Gasteiger partial charge in [0, 0.05) is 29.9 Å². The van der Waals surface area contributed by atoms with Gasteiger partial charge in [0.25, 0.3) is 0 Å². The Balaban J connectivity index is 1.87. The van der Waals surface area contributed by atoms with Crippen LogP contribution in [0.1, 0.15) is 37.9 Å². The van der Waals surface area contributed by atoms with Gasteiger partial charge in [-0.1, -0.05) is 12.1 Å². The summed E-state index contributed by atoms with van der Waals surface area (Å²) in [6, 6.07) is 9.82. The standard InChI is InChI=1S/C19H20FN3O2S/c1-13-3-4-14(2)26(24,25)23(13)12-17-6-5-15(9-19(17)20)16-7-8-18(10-21)22-11-16/h5-9,11,13-14H,3-4,12H2,1-2H3/t13-,14?/m0/s1. The molecule has 1 aliphatic rings. The average molecular weight is 373 g/mol. The van der Waals surface area contributed by atoms with E-state index in [9.17, 15) is 12.8 Å². The van der Waals surface area contributed by atoms with Crippen molar-refractivity contribution in [3.63, 3.8) is 0 Å². The summed E-state index contributed by atoms with van der Waals surface area (Å²) in [4.78, 5) is 3.99. The molecule has 2 heterocycles. The first-order valence-electron chi connectivity index (χ1n) is 8.48. The summed E-state index contributed by atoms with van der Waals surface area (Å²) in [6.07, 6.45) is 2.93. The fraction of sp³-hybridized carbons (Fsp3) is 0.368. The van der Waals surface area contributed by atoms with Gasteiger partial charge in [-0.2, -0.15) is 9.57 Å². The maximum absolute atomic E-state index is 14.6. The van der Waals surface area contributed by atoms with E-state index in [1.165, 1.54) is 16.6 Å². The zero-order valence-electron chi connectivity index (χ0n) is 14.7. The molecule has 0 bridgehead atoms. The van der Waals surface area contributed by atoms with E-state index in [0.717, 1.165) is 6.42 Å². The van der Waals surface area contributed by atoms with Crippen LogP contribution in [0.2, 0.25) is 0 Å². The van der Waals surface area contributed by atoms with Gasteiger partial charge in [0.2, 0.25) is 10.0 Å². The fourth-order valence-electron chi connectivity index (χ4n) is 3.15. The lowest BCUT2D eigenvalue weighted by molar-refractivity contribution is 0.281. The van der Waals surface area contributed by atoms with Crippen molar-refractivity contribution in [1.82, 2.24) is 9.29 Å². The number of benzene rings is 1. The number of nitrogens with zero attached hydrogens (tertiary/aromatic N) is 3. The summed E-state index contributed by atoms with van der Waals surface area (Å²) in [7, 11) is -3.41. The molecule has 1 saturated heterocycles. The predicted molar refractivity (Wildman–Crippen MR) is 97.0 cm³/mol. The second-order valence-electron chi connectivity index (χ2n) is 6.68. The summed E-state index contributed by atoms with van der Waals surface area (Å²) in [5.41, 5.74) is 1.97. The van der Waals surface area contributed by atoms with Crippen LogP contribution in [-0.2, 0) is 16.6 Å². The number of rotatable bonds is 3. The van der Waals surface area contributed by atoms with Crippen LogP contribution in [0.3, 0.4) is 0 Å². The Morgan fingerprint density at radius 1 is 1.23 bits per heavy atom. The summed E-state index contributed by atoms with van der Waals surface area (Å²) < 4.78 is 41.1. The number of hydrogen-bond donors (Lipinski definition) is 0. The molecule has 0 radical (unpaired) electrons. The van der Waals surface area contributed by atoms with Crippen LogP contribution in [0.15, 0.2) is 36.5 Å². The first-order chi connectivity index (χ1) is 12.3. The SMILES string of the molecule is CC1CC[C@H](C)N(Cc2ccc(-c3ccc(C#N)nc3)cc2F)S1(=O)=O. The molecule has 2 atom stereocenters. The molecule has 1 aromatic heterocycles. The second kappa shape index (κ2) is 7.14. The van der Waals surface area contributed by atoms with Gasteiger partial charge in [0.15, 0.2) is 0 Å². The minimum absolute atomic E-state index is 0.0333. The fourth-order valence-corrected chi connectivity index (χ4v) is 4.97.